The lowest BCUT2D eigenvalue weighted by molar-refractivity contribution is -0.130. The maximum Gasteiger partial charge on any atom is 0.355 e. The van der Waals surface area contributed by atoms with Gasteiger partial charge in [0.15, 0.2) is 6.10 Å². The van der Waals surface area contributed by atoms with E-state index in [4.69, 9.17) is 9.47 Å². The van der Waals surface area contributed by atoms with Gasteiger partial charge in [0, 0.05) is 5.69 Å². The van der Waals surface area contributed by atoms with Crippen LogP contribution >= 0.6 is 0 Å². The highest BCUT2D eigenvalue weighted by Crippen LogP contribution is 2.29. The van der Waals surface area contributed by atoms with Crippen molar-refractivity contribution in [3.8, 4) is 0 Å². The fraction of sp³-hybridized carbons (Fsp3) is 0.458. The summed E-state index contributed by atoms with van der Waals surface area (Å²) >= 11 is 0. The van der Waals surface area contributed by atoms with Gasteiger partial charge in [-0.15, -0.1) is 0 Å². The molecule has 0 saturated heterocycles. The van der Waals surface area contributed by atoms with Crippen molar-refractivity contribution in [2.75, 3.05) is 0 Å². The molecule has 1 aliphatic rings. The Morgan fingerprint density at radius 1 is 1.06 bits per heavy atom. The molecule has 1 aromatic heterocycles. The first kappa shape index (κ1) is 22.6. The summed E-state index contributed by atoms with van der Waals surface area (Å²) < 4.78 is 10.7. The van der Waals surface area contributed by atoms with Crippen molar-refractivity contribution < 1.29 is 23.9 Å². The molecule has 0 fully saturated rings. The summed E-state index contributed by atoms with van der Waals surface area (Å²) in [4.78, 5) is 40.6. The van der Waals surface area contributed by atoms with Crippen LogP contribution in [0, 0.1) is 13.8 Å². The number of aryl methyl sites for hydroxylation is 2. The Bertz CT molecular complexity index is 992. The molecule has 0 radical (unpaired) electrons. The summed E-state index contributed by atoms with van der Waals surface area (Å²) in [5.41, 5.74) is 3.78. The predicted octanol–water partition coefficient (Wildman–Crippen LogP) is 3.94. The molecule has 0 unspecified atom stereocenters. The SMILES string of the molecule is Cc1[nH]c(C(=O)O[C@@H](C)C(=O)N[C@H]2CCCc3ccccc32)c(C)c1C(=O)OC(C)C. The van der Waals surface area contributed by atoms with Crippen LogP contribution in [-0.4, -0.2) is 35.0 Å². The van der Waals surface area contributed by atoms with E-state index >= 15 is 0 Å². The quantitative estimate of drug-likeness (QED) is 0.682. The van der Waals surface area contributed by atoms with E-state index in [0.717, 1.165) is 24.8 Å². The third-order valence-corrected chi connectivity index (χ3v) is 5.53. The largest absolute Gasteiger partial charge is 0.459 e. The van der Waals surface area contributed by atoms with Gasteiger partial charge in [-0.05, 0) is 70.6 Å². The lowest BCUT2D eigenvalue weighted by atomic mass is 9.87. The number of esters is 2. The molecule has 1 heterocycles. The van der Waals surface area contributed by atoms with Gasteiger partial charge in [-0.2, -0.15) is 0 Å². The molecule has 0 aliphatic heterocycles. The highest BCUT2D eigenvalue weighted by molar-refractivity contribution is 5.99. The smallest absolute Gasteiger partial charge is 0.355 e. The Morgan fingerprint density at radius 2 is 1.77 bits per heavy atom. The number of amides is 1. The van der Waals surface area contributed by atoms with E-state index in [1.165, 1.54) is 5.56 Å². The minimum absolute atomic E-state index is 0.0922. The first-order chi connectivity index (χ1) is 14.7. The van der Waals surface area contributed by atoms with Gasteiger partial charge in [-0.1, -0.05) is 24.3 Å². The normalized spacial score (nSPS) is 16.4. The standard InChI is InChI=1S/C24H30N2O5/c1-13(2)30-23(28)20-14(3)21(25-15(20)4)24(29)31-16(5)22(27)26-19-12-8-10-17-9-6-7-11-18(17)19/h6-7,9,11,13,16,19,25H,8,10,12H2,1-5H3,(H,26,27)/t16-,19-/m0/s1. The number of benzene rings is 1. The molecule has 7 heteroatoms. The van der Waals surface area contributed by atoms with E-state index in [-0.39, 0.29) is 23.7 Å². The van der Waals surface area contributed by atoms with E-state index in [0.29, 0.717) is 16.8 Å². The third kappa shape index (κ3) is 4.98. The van der Waals surface area contributed by atoms with Crippen molar-refractivity contribution in [2.45, 2.75) is 72.1 Å². The summed E-state index contributed by atoms with van der Waals surface area (Å²) in [7, 11) is 0. The average molecular weight is 427 g/mol. The summed E-state index contributed by atoms with van der Waals surface area (Å²) in [6.45, 7) is 8.41. The predicted molar refractivity (Wildman–Crippen MR) is 116 cm³/mol. The molecule has 166 valence electrons. The van der Waals surface area contributed by atoms with Crippen LogP contribution in [0.25, 0.3) is 0 Å². The molecule has 31 heavy (non-hydrogen) atoms. The van der Waals surface area contributed by atoms with Gasteiger partial charge in [-0.25, -0.2) is 9.59 Å². The Morgan fingerprint density at radius 3 is 2.48 bits per heavy atom. The number of rotatable bonds is 6. The van der Waals surface area contributed by atoms with Crippen LogP contribution in [0.1, 0.15) is 82.9 Å². The zero-order valence-corrected chi connectivity index (χ0v) is 18.7. The zero-order valence-electron chi connectivity index (χ0n) is 18.7. The molecule has 3 rings (SSSR count). The number of carbonyl (C=O) groups excluding carboxylic acids is 3. The molecule has 2 aromatic rings. The first-order valence-electron chi connectivity index (χ1n) is 10.7. The molecular formula is C24H30N2O5. The van der Waals surface area contributed by atoms with Crippen LogP contribution in [0.15, 0.2) is 24.3 Å². The molecule has 7 nitrogen and oxygen atoms in total. The fourth-order valence-electron chi connectivity index (χ4n) is 4.00. The van der Waals surface area contributed by atoms with Crippen LogP contribution in [-0.2, 0) is 20.7 Å². The van der Waals surface area contributed by atoms with Crippen LogP contribution in [0.2, 0.25) is 0 Å². The molecule has 1 aromatic carbocycles. The van der Waals surface area contributed by atoms with Gasteiger partial charge >= 0.3 is 11.9 Å². The molecule has 1 amide bonds. The van der Waals surface area contributed by atoms with Crippen LogP contribution in [0.3, 0.4) is 0 Å². The lowest BCUT2D eigenvalue weighted by Crippen LogP contribution is -2.39. The van der Waals surface area contributed by atoms with Gasteiger partial charge < -0.3 is 19.8 Å². The molecule has 0 spiro atoms. The minimum Gasteiger partial charge on any atom is -0.459 e. The minimum atomic E-state index is -0.976. The molecule has 0 bridgehead atoms. The number of nitrogens with one attached hydrogen (secondary N) is 2. The highest BCUT2D eigenvalue weighted by atomic mass is 16.6. The van der Waals surface area contributed by atoms with E-state index in [2.05, 4.69) is 16.4 Å². The average Bonchev–Trinajstić information content (AvgIpc) is 3.01. The summed E-state index contributed by atoms with van der Waals surface area (Å²) in [5.74, 6) is -1.53. The van der Waals surface area contributed by atoms with E-state index in [1.807, 2.05) is 18.2 Å². The number of fused-ring (bicyclic) bond motifs is 1. The molecule has 1 aliphatic carbocycles. The van der Waals surface area contributed by atoms with Crippen molar-refractivity contribution in [3.63, 3.8) is 0 Å². The number of H-pyrrole nitrogens is 1. The second-order valence-corrected chi connectivity index (χ2v) is 8.28. The Hall–Kier alpha value is -3.09. The second-order valence-electron chi connectivity index (χ2n) is 8.28. The highest BCUT2D eigenvalue weighted by Gasteiger charge is 2.28. The Balaban J connectivity index is 1.67. The van der Waals surface area contributed by atoms with Gasteiger partial charge in [0.2, 0.25) is 0 Å². The van der Waals surface area contributed by atoms with Crippen molar-refractivity contribution >= 4 is 17.8 Å². The molecule has 0 saturated carbocycles. The van der Waals surface area contributed by atoms with E-state index < -0.39 is 18.0 Å². The van der Waals surface area contributed by atoms with E-state index in [1.54, 1.807) is 34.6 Å². The van der Waals surface area contributed by atoms with Gasteiger partial charge in [0.25, 0.3) is 5.91 Å². The Kier molecular flexibility index (Phi) is 6.83. The number of hydrogen-bond donors (Lipinski definition) is 2. The third-order valence-electron chi connectivity index (χ3n) is 5.53. The Labute approximate surface area is 182 Å². The van der Waals surface area contributed by atoms with Crippen molar-refractivity contribution in [1.29, 1.82) is 0 Å². The van der Waals surface area contributed by atoms with Gasteiger partial charge in [-0.3, -0.25) is 4.79 Å². The number of ether oxygens (including phenoxy) is 2. The topological polar surface area (TPSA) is 97.5 Å². The maximum atomic E-state index is 12.7. The maximum absolute atomic E-state index is 12.7. The monoisotopic (exact) mass is 426 g/mol. The van der Waals surface area contributed by atoms with Crippen LogP contribution < -0.4 is 5.32 Å². The van der Waals surface area contributed by atoms with Crippen LogP contribution in [0.5, 0.6) is 0 Å². The van der Waals surface area contributed by atoms with Crippen LogP contribution in [0.4, 0.5) is 0 Å². The van der Waals surface area contributed by atoms with Crippen molar-refractivity contribution in [3.05, 3.63) is 57.9 Å². The second kappa shape index (κ2) is 9.37. The number of hydrogen-bond acceptors (Lipinski definition) is 5. The molecular weight excluding hydrogens is 396 g/mol. The fourth-order valence-corrected chi connectivity index (χ4v) is 4.00. The van der Waals surface area contributed by atoms with Crippen molar-refractivity contribution in [1.82, 2.24) is 10.3 Å². The molecule has 2 N–H and O–H groups in total. The number of carbonyl (C=O) groups is 3. The van der Waals surface area contributed by atoms with Gasteiger partial charge in [0.1, 0.15) is 5.69 Å². The first-order valence-corrected chi connectivity index (χ1v) is 10.7. The lowest BCUT2D eigenvalue weighted by Gasteiger charge is -2.27. The van der Waals surface area contributed by atoms with Gasteiger partial charge in [0.05, 0.1) is 17.7 Å². The number of aromatic amines is 1. The summed E-state index contributed by atoms with van der Waals surface area (Å²) in [6, 6.07) is 7.98. The molecule has 2 atom stereocenters. The van der Waals surface area contributed by atoms with E-state index in [9.17, 15) is 14.4 Å². The summed E-state index contributed by atoms with van der Waals surface area (Å²) in [5, 5.41) is 3.00. The van der Waals surface area contributed by atoms with Crippen molar-refractivity contribution in [2.24, 2.45) is 0 Å². The number of aromatic nitrogens is 1. The summed E-state index contributed by atoms with van der Waals surface area (Å²) in [6.07, 6.45) is 1.59. The zero-order chi connectivity index (χ0) is 22.7.